The molecule has 26 heavy (non-hydrogen) atoms. The molecule has 0 aliphatic carbocycles. The lowest BCUT2D eigenvalue weighted by Crippen LogP contribution is -2.37. The number of guanidine groups is 1. The van der Waals surface area contributed by atoms with Gasteiger partial charge in [0.25, 0.3) is 0 Å². The number of aliphatic imine (C=N–C) groups is 1. The Labute approximate surface area is 181 Å². The summed E-state index contributed by atoms with van der Waals surface area (Å²) in [5.41, 5.74) is 1.15. The maximum absolute atomic E-state index is 5.70. The number of ether oxygens (including phenoxy) is 3. The Kier molecular flexibility index (Phi) is 12.2. The van der Waals surface area contributed by atoms with Crippen LogP contribution in [0.5, 0.6) is 5.75 Å². The Bertz CT molecular complexity index is 554. The van der Waals surface area contributed by atoms with Crippen LogP contribution >= 0.6 is 39.9 Å². The largest absolute Gasteiger partial charge is 0.496 e. The molecule has 1 atom stereocenters. The Hall–Kier alpha value is -0.580. The zero-order valence-electron chi connectivity index (χ0n) is 15.4. The van der Waals surface area contributed by atoms with Crippen molar-refractivity contribution in [2.45, 2.75) is 19.4 Å². The highest BCUT2D eigenvalue weighted by Gasteiger charge is 2.15. The van der Waals surface area contributed by atoms with Crippen molar-refractivity contribution in [2.24, 2.45) is 10.9 Å². The molecule has 1 unspecified atom stereocenters. The molecule has 2 rings (SSSR count). The van der Waals surface area contributed by atoms with E-state index < -0.39 is 0 Å². The fourth-order valence-corrected chi connectivity index (χ4v) is 3.16. The molecule has 0 spiro atoms. The van der Waals surface area contributed by atoms with Crippen LogP contribution < -0.4 is 15.4 Å². The van der Waals surface area contributed by atoms with Gasteiger partial charge in [0.15, 0.2) is 5.96 Å². The Morgan fingerprint density at radius 1 is 1.38 bits per heavy atom. The van der Waals surface area contributed by atoms with Gasteiger partial charge in [-0.2, -0.15) is 0 Å². The molecule has 2 N–H and O–H groups in total. The lowest BCUT2D eigenvalue weighted by atomic mass is 10.1. The van der Waals surface area contributed by atoms with E-state index in [1.807, 2.05) is 18.2 Å². The summed E-state index contributed by atoms with van der Waals surface area (Å²) in [4.78, 5) is 4.24. The summed E-state index contributed by atoms with van der Waals surface area (Å²) in [6, 6.07) is 6.02. The summed E-state index contributed by atoms with van der Waals surface area (Å²) in [6.07, 6.45) is 2.07. The highest BCUT2D eigenvalue weighted by Crippen LogP contribution is 2.25. The van der Waals surface area contributed by atoms with Crippen LogP contribution in [-0.4, -0.2) is 53.1 Å². The molecule has 0 aromatic heterocycles. The van der Waals surface area contributed by atoms with Crippen LogP contribution in [-0.2, 0) is 16.0 Å². The fourth-order valence-electron chi connectivity index (χ4n) is 2.57. The van der Waals surface area contributed by atoms with Crippen LogP contribution in [0, 0.1) is 5.92 Å². The molecule has 148 valence electrons. The molecular weight excluding hydrogens is 513 g/mol. The Morgan fingerprint density at radius 2 is 2.23 bits per heavy atom. The Balaban J connectivity index is 0.00000338. The molecular formula is C18H29BrIN3O3. The van der Waals surface area contributed by atoms with Gasteiger partial charge in [-0.3, -0.25) is 4.99 Å². The molecule has 1 fully saturated rings. The predicted octanol–water partition coefficient (Wildman–Crippen LogP) is 3.18. The monoisotopic (exact) mass is 541 g/mol. The van der Waals surface area contributed by atoms with E-state index in [9.17, 15) is 0 Å². The van der Waals surface area contributed by atoms with Gasteiger partial charge in [0.2, 0.25) is 0 Å². The van der Waals surface area contributed by atoms with Crippen LogP contribution in [0.2, 0.25) is 0 Å². The molecule has 0 amide bonds. The number of hydrogen-bond acceptors (Lipinski definition) is 4. The topological polar surface area (TPSA) is 64.1 Å². The first kappa shape index (κ1) is 23.5. The third kappa shape index (κ3) is 8.41. The number of nitrogens with one attached hydrogen (secondary N) is 2. The molecule has 0 radical (unpaired) electrons. The molecule has 1 saturated heterocycles. The Morgan fingerprint density at radius 3 is 2.88 bits per heavy atom. The van der Waals surface area contributed by atoms with Crippen molar-refractivity contribution in [3.05, 3.63) is 28.2 Å². The van der Waals surface area contributed by atoms with Crippen molar-refractivity contribution >= 4 is 45.9 Å². The van der Waals surface area contributed by atoms with Gasteiger partial charge in [-0.15, -0.1) is 24.0 Å². The smallest absolute Gasteiger partial charge is 0.191 e. The summed E-state index contributed by atoms with van der Waals surface area (Å²) in [5.74, 6) is 2.19. The van der Waals surface area contributed by atoms with E-state index in [1.54, 1.807) is 14.2 Å². The van der Waals surface area contributed by atoms with E-state index in [0.29, 0.717) is 12.5 Å². The van der Waals surface area contributed by atoms with Crippen LogP contribution in [0.3, 0.4) is 0 Å². The van der Waals surface area contributed by atoms with Crippen molar-refractivity contribution < 1.29 is 14.2 Å². The summed E-state index contributed by atoms with van der Waals surface area (Å²) >= 11 is 3.50. The van der Waals surface area contributed by atoms with E-state index >= 15 is 0 Å². The van der Waals surface area contributed by atoms with E-state index in [4.69, 9.17) is 14.2 Å². The second-order valence-corrected chi connectivity index (χ2v) is 6.83. The molecule has 1 aromatic carbocycles. The second kappa shape index (κ2) is 13.6. The van der Waals surface area contributed by atoms with Crippen molar-refractivity contribution in [2.75, 3.05) is 47.1 Å². The first-order valence-electron chi connectivity index (χ1n) is 8.65. The van der Waals surface area contributed by atoms with Crippen LogP contribution in [0.15, 0.2) is 27.7 Å². The highest BCUT2D eigenvalue weighted by atomic mass is 127. The lowest BCUT2D eigenvalue weighted by Gasteiger charge is -2.13. The minimum absolute atomic E-state index is 0. The van der Waals surface area contributed by atoms with Gasteiger partial charge >= 0.3 is 0 Å². The third-order valence-electron chi connectivity index (χ3n) is 4.04. The van der Waals surface area contributed by atoms with Gasteiger partial charge in [-0.1, -0.05) is 6.07 Å². The summed E-state index contributed by atoms with van der Waals surface area (Å²) in [6.45, 7) is 4.80. The number of halogens is 2. The van der Waals surface area contributed by atoms with Crippen LogP contribution in [0.4, 0.5) is 0 Å². The average Bonchev–Trinajstić information content (AvgIpc) is 3.14. The van der Waals surface area contributed by atoms with Gasteiger partial charge in [-0.25, -0.2) is 0 Å². The zero-order chi connectivity index (χ0) is 17.9. The number of benzene rings is 1. The van der Waals surface area contributed by atoms with Gasteiger partial charge in [0.1, 0.15) is 5.75 Å². The lowest BCUT2D eigenvalue weighted by molar-refractivity contribution is 0.0888. The van der Waals surface area contributed by atoms with Crippen LogP contribution in [0.1, 0.15) is 18.4 Å². The molecule has 6 nitrogen and oxygen atoms in total. The SMILES string of the molecule is CN=C(NCCCOCC1CCOC1)NCc1ccc(OC)c(Br)c1.I. The minimum Gasteiger partial charge on any atom is -0.496 e. The number of nitrogens with zero attached hydrogens (tertiary/aromatic N) is 1. The average molecular weight is 542 g/mol. The summed E-state index contributed by atoms with van der Waals surface area (Å²) < 4.78 is 17.2. The standard InChI is InChI=1S/C18H28BrN3O3.HI/c1-20-18(21-7-3-8-24-12-15-6-9-25-13-15)22-11-14-4-5-17(23-2)16(19)10-14;/h4-5,10,15H,3,6-9,11-13H2,1-2H3,(H2,20,21,22);1H. The molecule has 0 bridgehead atoms. The molecule has 1 heterocycles. The normalized spacial score (nSPS) is 16.9. The van der Waals surface area contributed by atoms with Crippen molar-refractivity contribution in [1.29, 1.82) is 0 Å². The van der Waals surface area contributed by atoms with Gasteiger partial charge in [-0.05, 0) is 46.5 Å². The molecule has 1 aliphatic heterocycles. The fraction of sp³-hybridized carbons (Fsp3) is 0.611. The molecule has 8 heteroatoms. The first-order valence-corrected chi connectivity index (χ1v) is 9.44. The quantitative estimate of drug-likeness (QED) is 0.217. The van der Waals surface area contributed by atoms with E-state index in [2.05, 4.69) is 31.6 Å². The number of methoxy groups -OCH3 is 1. The van der Waals surface area contributed by atoms with Gasteiger partial charge < -0.3 is 24.8 Å². The number of rotatable bonds is 9. The maximum atomic E-state index is 5.70. The number of hydrogen-bond donors (Lipinski definition) is 2. The highest BCUT2D eigenvalue weighted by molar-refractivity contribution is 14.0. The van der Waals surface area contributed by atoms with Crippen molar-refractivity contribution in [3.8, 4) is 5.75 Å². The first-order chi connectivity index (χ1) is 12.2. The van der Waals surface area contributed by atoms with Crippen LogP contribution in [0.25, 0.3) is 0 Å². The van der Waals surface area contributed by atoms with E-state index in [-0.39, 0.29) is 24.0 Å². The molecule has 1 aliphatic rings. The van der Waals surface area contributed by atoms with Gasteiger partial charge in [0, 0.05) is 39.3 Å². The second-order valence-electron chi connectivity index (χ2n) is 5.98. The summed E-state index contributed by atoms with van der Waals surface area (Å²) in [5, 5.41) is 6.61. The third-order valence-corrected chi connectivity index (χ3v) is 4.65. The van der Waals surface area contributed by atoms with E-state index in [1.165, 1.54) is 0 Å². The van der Waals surface area contributed by atoms with Gasteiger partial charge in [0.05, 0.1) is 24.8 Å². The zero-order valence-corrected chi connectivity index (χ0v) is 19.3. The van der Waals surface area contributed by atoms with E-state index in [0.717, 1.165) is 67.6 Å². The maximum Gasteiger partial charge on any atom is 0.191 e. The minimum atomic E-state index is 0. The summed E-state index contributed by atoms with van der Waals surface area (Å²) in [7, 11) is 3.44. The molecule has 1 aromatic rings. The van der Waals surface area contributed by atoms with Crippen molar-refractivity contribution in [1.82, 2.24) is 10.6 Å². The van der Waals surface area contributed by atoms with Crippen molar-refractivity contribution in [3.63, 3.8) is 0 Å². The molecule has 0 saturated carbocycles. The predicted molar refractivity (Wildman–Crippen MR) is 119 cm³/mol.